The summed E-state index contributed by atoms with van der Waals surface area (Å²) in [5, 5.41) is 6.56. The van der Waals surface area contributed by atoms with Gasteiger partial charge in [0.2, 0.25) is 0 Å². The van der Waals surface area contributed by atoms with E-state index in [1.165, 1.54) is 26.3 Å². The SMILES string of the molecule is C1=C(c2cc3ncnc(Nc4ccc5scnc5c4)c3cc2-c2cccs2)COC1. The van der Waals surface area contributed by atoms with Crippen LogP contribution in [0.15, 0.2) is 65.8 Å². The van der Waals surface area contributed by atoms with Crippen LogP contribution >= 0.6 is 22.7 Å². The van der Waals surface area contributed by atoms with Crippen molar-refractivity contribution in [1.29, 1.82) is 0 Å². The van der Waals surface area contributed by atoms with Crippen molar-refractivity contribution >= 4 is 60.9 Å². The number of rotatable bonds is 4. The lowest BCUT2D eigenvalue weighted by Gasteiger charge is -2.14. The lowest BCUT2D eigenvalue weighted by atomic mass is 9.97. The van der Waals surface area contributed by atoms with Gasteiger partial charge in [0.1, 0.15) is 12.1 Å². The fourth-order valence-electron chi connectivity index (χ4n) is 3.75. The van der Waals surface area contributed by atoms with E-state index in [-0.39, 0.29) is 0 Å². The van der Waals surface area contributed by atoms with E-state index in [2.05, 4.69) is 74.2 Å². The molecule has 146 valence electrons. The van der Waals surface area contributed by atoms with Crippen LogP contribution in [-0.2, 0) is 4.74 Å². The predicted octanol–water partition coefficient (Wildman–Crippen LogP) is 6.13. The van der Waals surface area contributed by atoms with E-state index < -0.39 is 0 Å². The summed E-state index contributed by atoms with van der Waals surface area (Å²) in [6.07, 6.45) is 3.77. The molecule has 2 aromatic carbocycles. The number of fused-ring (bicyclic) bond motifs is 2. The Hall–Kier alpha value is -3.13. The monoisotopic (exact) mass is 428 g/mol. The predicted molar refractivity (Wildman–Crippen MR) is 125 cm³/mol. The maximum absolute atomic E-state index is 5.59. The van der Waals surface area contributed by atoms with Crippen molar-refractivity contribution in [2.75, 3.05) is 18.5 Å². The van der Waals surface area contributed by atoms with Crippen LogP contribution in [0.2, 0.25) is 0 Å². The Morgan fingerprint density at radius 2 is 1.93 bits per heavy atom. The van der Waals surface area contributed by atoms with E-state index in [9.17, 15) is 0 Å². The molecule has 30 heavy (non-hydrogen) atoms. The first-order valence-electron chi connectivity index (χ1n) is 9.55. The molecule has 5 nitrogen and oxygen atoms in total. The number of benzene rings is 2. The zero-order valence-electron chi connectivity index (χ0n) is 15.8. The summed E-state index contributed by atoms with van der Waals surface area (Å²) in [7, 11) is 0. The normalized spacial score (nSPS) is 13.8. The van der Waals surface area contributed by atoms with Crippen LogP contribution in [0.3, 0.4) is 0 Å². The maximum atomic E-state index is 5.59. The summed E-state index contributed by atoms with van der Waals surface area (Å²) in [5.41, 5.74) is 8.29. The molecular formula is C23H16N4OS2. The van der Waals surface area contributed by atoms with Gasteiger partial charge in [-0.2, -0.15) is 0 Å². The van der Waals surface area contributed by atoms with Crippen LogP contribution in [0.1, 0.15) is 5.56 Å². The van der Waals surface area contributed by atoms with Gasteiger partial charge in [0.15, 0.2) is 0 Å². The zero-order valence-corrected chi connectivity index (χ0v) is 17.5. The van der Waals surface area contributed by atoms with Crippen molar-refractivity contribution in [2.24, 2.45) is 0 Å². The molecular weight excluding hydrogens is 412 g/mol. The summed E-state index contributed by atoms with van der Waals surface area (Å²) in [6, 6.07) is 14.8. The largest absolute Gasteiger partial charge is 0.373 e. The average molecular weight is 429 g/mol. The highest BCUT2D eigenvalue weighted by Gasteiger charge is 2.17. The number of ether oxygens (including phenoxy) is 1. The summed E-state index contributed by atoms with van der Waals surface area (Å²) in [4.78, 5) is 14.7. The van der Waals surface area contributed by atoms with Crippen molar-refractivity contribution in [1.82, 2.24) is 15.0 Å². The smallest absolute Gasteiger partial charge is 0.141 e. The van der Waals surface area contributed by atoms with Crippen LogP contribution in [0.5, 0.6) is 0 Å². The van der Waals surface area contributed by atoms with Gasteiger partial charge >= 0.3 is 0 Å². The van der Waals surface area contributed by atoms with Crippen molar-refractivity contribution in [2.45, 2.75) is 0 Å². The highest BCUT2D eigenvalue weighted by atomic mass is 32.1. The Bertz CT molecular complexity index is 1410. The molecule has 0 spiro atoms. The zero-order chi connectivity index (χ0) is 19.9. The Labute approximate surface area is 180 Å². The molecule has 5 aromatic rings. The molecule has 1 aliphatic rings. The molecule has 0 fully saturated rings. The second kappa shape index (κ2) is 7.28. The van der Waals surface area contributed by atoms with E-state index in [0.717, 1.165) is 27.9 Å². The van der Waals surface area contributed by atoms with Gasteiger partial charge < -0.3 is 10.1 Å². The second-order valence-electron chi connectivity index (χ2n) is 7.02. The highest BCUT2D eigenvalue weighted by Crippen LogP contribution is 2.38. The molecule has 1 N–H and O–H groups in total. The van der Waals surface area contributed by atoms with Crippen molar-refractivity contribution in [3.63, 3.8) is 0 Å². The fraction of sp³-hybridized carbons (Fsp3) is 0.0870. The minimum atomic E-state index is 0.633. The molecule has 1 aliphatic heterocycles. The lowest BCUT2D eigenvalue weighted by Crippen LogP contribution is -1.98. The number of aromatic nitrogens is 3. The summed E-state index contributed by atoms with van der Waals surface area (Å²) < 4.78 is 6.76. The third-order valence-electron chi connectivity index (χ3n) is 5.21. The molecule has 4 heterocycles. The molecule has 7 heteroatoms. The number of nitrogens with zero attached hydrogens (tertiary/aromatic N) is 3. The Kier molecular flexibility index (Phi) is 4.30. The Balaban J connectivity index is 1.50. The number of hydrogen-bond donors (Lipinski definition) is 1. The van der Waals surface area contributed by atoms with E-state index in [4.69, 9.17) is 4.74 Å². The topological polar surface area (TPSA) is 59.9 Å². The van der Waals surface area contributed by atoms with Crippen LogP contribution in [0, 0.1) is 0 Å². The first-order chi connectivity index (χ1) is 14.8. The molecule has 0 unspecified atom stereocenters. The van der Waals surface area contributed by atoms with Gasteiger partial charge in [-0.05, 0) is 52.9 Å². The molecule has 0 bridgehead atoms. The number of anilines is 2. The maximum Gasteiger partial charge on any atom is 0.141 e. The van der Waals surface area contributed by atoms with Crippen LogP contribution in [-0.4, -0.2) is 28.2 Å². The number of thiophene rings is 1. The highest BCUT2D eigenvalue weighted by molar-refractivity contribution is 7.16. The molecule has 0 atom stereocenters. The summed E-state index contributed by atoms with van der Waals surface area (Å²) in [5.74, 6) is 0.788. The molecule has 0 amide bonds. The molecule has 3 aromatic heterocycles. The van der Waals surface area contributed by atoms with Gasteiger partial charge in [0.05, 0.1) is 34.5 Å². The van der Waals surface area contributed by atoms with Crippen LogP contribution < -0.4 is 5.32 Å². The standard InChI is InChI=1S/C23H16N4OS2/c1-2-21(29-7-1)17-9-18-19(10-16(17)14-5-6-28-11-14)24-12-25-23(18)27-15-3-4-22-20(8-15)26-13-30-22/h1-5,7-10,12-13H,6,11H2,(H,24,25,27). The van der Waals surface area contributed by atoms with Crippen molar-refractivity contribution in [3.8, 4) is 10.4 Å². The Morgan fingerprint density at radius 1 is 0.933 bits per heavy atom. The van der Waals surface area contributed by atoms with Gasteiger partial charge in [-0.15, -0.1) is 22.7 Å². The average Bonchev–Trinajstić information content (AvgIpc) is 3.55. The van der Waals surface area contributed by atoms with Crippen LogP contribution in [0.25, 0.3) is 37.1 Å². The molecule has 0 radical (unpaired) electrons. The minimum absolute atomic E-state index is 0.633. The summed E-state index contributed by atoms with van der Waals surface area (Å²) >= 11 is 3.37. The number of hydrogen-bond acceptors (Lipinski definition) is 7. The minimum Gasteiger partial charge on any atom is -0.373 e. The third-order valence-corrected chi connectivity index (χ3v) is 6.92. The second-order valence-corrected chi connectivity index (χ2v) is 8.85. The fourth-order valence-corrected chi connectivity index (χ4v) is 5.17. The first kappa shape index (κ1) is 17.7. The number of thiazole rings is 1. The molecule has 0 aliphatic carbocycles. The van der Waals surface area contributed by atoms with Gasteiger partial charge in [-0.25, -0.2) is 15.0 Å². The summed E-state index contributed by atoms with van der Waals surface area (Å²) in [6.45, 7) is 1.29. The lowest BCUT2D eigenvalue weighted by molar-refractivity contribution is 0.216. The first-order valence-corrected chi connectivity index (χ1v) is 11.3. The Morgan fingerprint density at radius 3 is 2.80 bits per heavy atom. The quantitative estimate of drug-likeness (QED) is 0.373. The van der Waals surface area contributed by atoms with Gasteiger partial charge in [-0.3, -0.25) is 0 Å². The molecule has 0 saturated heterocycles. The third kappa shape index (κ3) is 3.08. The van der Waals surface area contributed by atoms with E-state index in [1.807, 2.05) is 5.51 Å². The van der Waals surface area contributed by atoms with E-state index in [1.54, 1.807) is 29.0 Å². The van der Waals surface area contributed by atoms with E-state index >= 15 is 0 Å². The number of nitrogens with one attached hydrogen (secondary N) is 1. The van der Waals surface area contributed by atoms with Gasteiger partial charge in [0.25, 0.3) is 0 Å². The van der Waals surface area contributed by atoms with Crippen molar-refractivity contribution in [3.05, 3.63) is 71.3 Å². The van der Waals surface area contributed by atoms with Crippen LogP contribution in [0.4, 0.5) is 11.5 Å². The van der Waals surface area contributed by atoms with Crippen molar-refractivity contribution < 1.29 is 4.74 Å². The van der Waals surface area contributed by atoms with Gasteiger partial charge in [0, 0.05) is 21.5 Å². The van der Waals surface area contributed by atoms with Gasteiger partial charge in [-0.1, -0.05) is 12.1 Å². The molecule has 0 saturated carbocycles. The molecule has 6 rings (SSSR count). The van der Waals surface area contributed by atoms with E-state index in [0.29, 0.717) is 13.2 Å².